The third-order valence-electron chi connectivity index (χ3n) is 2.30. The van der Waals surface area contributed by atoms with E-state index >= 15 is 0 Å². The van der Waals surface area contributed by atoms with Gasteiger partial charge in [-0.3, -0.25) is 0 Å². The molecule has 1 N–H and O–H groups in total. The first-order chi connectivity index (χ1) is 5.34. The Labute approximate surface area is 67.6 Å². The van der Waals surface area contributed by atoms with E-state index in [1.165, 1.54) is 32.1 Å². The second-order valence-electron chi connectivity index (χ2n) is 3.51. The van der Waals surface area contributed by atoms with Gasteiger partial charge in [0.15, 0.2) is 5.88 Å². The van der Waals surface area contributed by atoms with Crippen molar-refractivity contribution in [2.75, 3.05) is 0 Å². The molecule has 0 aromatic heterocycles. The molecule has 0 radical (unpaired) electrons. The summed E-state index contributed by atoms with van der Waals surface area (Å²) in [4.78, 5) is 0. The fourth-order valence-corrected chi connectivity index (χ4v) is 1.18. The van der Waals surface area contributed by atoms with Crippen molar-refractivity contribution in [2.45, 2.75) is 44.2 Å². The summed E-state index contributed by atoms with van der Waals surface area (Å²) < 4.78 is 5.53. The summed E-state index contributed by atoms with van der Waals surface area (Å²) in [6.07, 6.45) is 6.78. The Morgan fingerprint density at radius 1 is 1.27 bits per heavy atom. The fraction of sp³-hybridized carbons (Fsp3) is 0.778. The van der Waals surface area contributed by atoms with E-state index in [0.29, 0.717) is 12.1 Å². The van der Waals surface area contributed by atoms with Gasteiger partial charge >= 0.3 is 0 Å². The first-order valence-electron chi connectivity index (χ1n) is 4.47. The number of rotatable bonds is 4. The maximum atomic E-state index is 5.53. The summed E-state index contributed by atoms with van der Waals surface area (Å²) in [5.74, 6) is 0.789. The van der Waals surface area contributed by atoms with Crippen molar-refractivity contribution in [3.8, 4) is 0 Å². The minimum Gasteiger partial charge on any atom is -0.476 e. The van der Waals surface area contributed by atoms with Gasteiger partial charge in [-0.05, 0) is 38.7 Å². The second-order valence-corrected chi connectivity index (χ2v) is 3.51. The minimum atomic E-state index is 0.466. The minimum absolute atomic E-state index is 0.466. The SMILES string of the molecule is C=C(NC1CC1)OC1CCC1. The van der Waals surface area contributed by atoms with E-state index in [1.807, 2.05) is 0 Å². The fourth-order valence-electron chi connectivity index (χ4n) is 1.18. The summed E-state index contributed by atoms with van der Waals surface area (Å²) in [6.45, 7) is 3.82. The zero-order valence-corrected chi connectivity index (χ0v) is 6.81. The molecule has 0 aromatic rings. The molecule has 2 aliphatic carbocycles. The molecular formula is C9H15NO. The standard InChI is InChI=1S/C9H15NO/c1-7(10-8-5-6-8)11-9-3-2-4-9/h8-10H,1-6H2. The van der Waals surface area contributed by atoms with Crippen molar-refractivity contribution in [1.82, 2.24) is 5.32 Å². The van der Waals surface area contributed by atoms with Crippen molar-refractivity contribution in [3.63, 3.8) is 0 Å². The highest BCUT2D eigenvalue weighted by Crippen LogP contribution is 2.25. The summed E-state index contributed by atoms with van der Waals surface area (Å²) in [6, 6.07) is 0.669. The summed E-state index contributed by atoms with van der Waals surface area (Å²) >= 11 is 0. The highest BCUT2D eigenvalue weighted by molar-refractivity contribution is 4.92. The number of nitrogens with one attached hydrogen (secondary N) is 1. The van der Waals surface area contributed by atoms with Gasteiger partial charge in [0.05, 0.1) is 0 Å². The molecule has 2 fully saturated rings. The van der Waals surface area contributed by atoms with E-state index in [9.17, 15) is 0 Å². The number of ether oxygens (including phenoxy) is 1. The normalized spacial score (nSPS) is 24.0. The molecule has 2 saturated carbocycles. The molecule has 0 amide bonds. The Morgan fingerprint density at radius 2 is 2.00 bits per heavy atom. The molecule has 2 rings (SSSR count). The molecule has 62 valence electrons. The van der Waals surface area contributed by atoms with Gasteiger partial charge in [-0.2, -0.15) is 0 Å². The van der Waals surface area contributed by atoms with Crippen molar-refractivity contribution >= 4 is 0 Å². The molecule has 0 aliphatic heterocycles. The van der Waals surface area contributed by atoms with Crippen molar-refractivity contribution in [1.29, 1.82) is 0 Å². The summed E-state index contributed by atoms with van der Waals surface area (Å²) in [5.41, 5.74) is 0. The van der Waals surface area contributed by atoms with E-state index < -0.39 is 0 Å². The topological polar surface area (TPSA) is 21.3 Å². The van der Waals surface area contributed by atoms with Crippen molar-refractivity contribution in [3.05, 3.63) is 12.5 Å². The molecule has 0 atom stereocenters. The zero-order chi connectivity index (χ0) is 7.68. The first kappa shape index (κ1) is 7.01. The van der Waals surface area contributed by atoms with E-state index in [0.717, 1.165) is 5.88 Å². The number of hydrogen-bond donors (Lipinski definition) is 1. The van der Waals surface area contributed by atoms with E-state index in [4.69, 9.17) is 4.74 Å². The monoisotopic (exact) mass is 153 g/mol. The highest BCUT2D eigenvalue weighted by atomic mass is 16.5. The van der Waals surface area contributed by atoms with Crippen LogP contribution in [0.1, 0.15) is 32.1 Å². The molecule has 2 heteroatoms. The van der Waals surface area contributed by atoms with Crippen LogP contribution in [-0.2, 0) is 4.74 Å². The molecule has 0 spiro atoms. The lowest BCUT2D eigenvalue weighted by molar-refractivity contribution is 0.0423. The van der Waals surface area contributed by atoms with Crippen LogP contribution in [0.25, 0.3) is 0 Å². The van der Waals surface area contributed by atoms with Crippen molar-refractivity contribution in [2.24, 2.45) is 0 Å². The number of hydrogen-bond acceptors (Lipinski definition) is 2. The Morgan fingerprint density at radius 3 is 2.45 bits per heavy atom. The Balaban J connectivity index is 1.63. The molecule has 0 heterocycles. The third kappa shape index (κ3) is 1.88. The van der Waals surface area contributed by atoms with E-state index in [-0.39, 0.29) is 0 Å². The first-order valence-corrected chi connectivity index (χ1v) is 4.47. The third-order valence-corrected chi connectivity index (χ3v) is 2.30. The predicted octanol–water partition coefficient (Wildman–Crippen LogP) is 1.78. The molecule has 2 aliphatic rings. The van der Waals surface area contributed by atoms with Crippen LogP contribution in [0.3, 0.4) is 0 Å². The Kier molecular flexibility index (Phi) is 1.76. The van der Waals surface area contributed by atoms with Gasteiger partial charge in [0.1, 0.15) is 6.10 Å². The van der Waals surface area contributed by atoms with Crippen molar-refractivity contribution < 1.29 is 4.74 Å². The van der Waals surface area contributed by atoms with Crippen LogP contribution in [-0.4, -0.2) is 12.1 Å². The Bertz CT molecular complexity index is 159. The molecule has 2 nitrogen and oxygen atoms in total. The predicted molar refractivity (Wildman–Crippen MR) is 44.0 cm³/mol. The van der Waals surface area contributed by atoms with Crippen LogP contribution in [0, 0.1) is 0 Å². The lowest BCUT2D eigenvalue weighted by Gasteiger charge is -2.27. The van der Waals surface area contributed by atoms with E-state index in [2.05, 4.69) is 11.9 Å². The van der Waals surface area contributed by atoms with Crippen LogP contribution in [0.5, 0.6) is 0 Å². The molecule has 0 saturated heterocycles. The smallest absolute Gasteiger partial charge is 0.179 e. The quantitative estimate of drug-likeness (QED) is 0.621. The molecule has 0 bridgehead atoms. The Hall–Kier alpha value is -0.660. The average Bonchev–Trinajstić information content (AvgIpc) is 2.62. The lowest BCUT2D eigenvalue weighted by Crippen LogP contribution is -2.26. The maximum absolute atomic E-state index is 5.53. The van der Waals surface area contributed by atoms with Gasteiger partial charge < -0.3 is 10.1 Å². The van der Waals surface area contributed by atoms with Crippen LogP contribution in [0.4, 0.5) is 0 Å². The molecule has 0 aromatic carbocycles. The molecular weight excluding hydrogens is 138 g/mol. The summed E-state index contributed by atoms with van der Waals surface area (Å²) in [5, 5.41) is 3.24. The van der Waals surface area contributed by atoms with Gasteiger partial charge in [0.25, 0.3) is 0 Å². The zero-order valence-electron chi connectivity index (χ0n) is 6.81. The maximum Gasteiger partial charge on any atom is 0.179 e. The lowest BCUT2D eigenvalue weighted by atomic mass is 9.96. The van der Waals surface area contributed by atoms with Crippen LogP contribution in [0.2, 0.25) is 0 Å². The molecule has 11 heavy (non-hydrogen) atoms. The van der Waals surface area contributed by atoms with Crippen LogP contribution >= 0.6 is 0 Å². The average molecular weight is 153 g/mol. The molecule has 0 unspecified atom stereocenters. The summed E-state index contributed by atoms with van der Waals surface area (Å²) in [7, 11) is 0. The van der Waals surface area contributed by atoms with Gasteiger partial charge in [0.2, 0.25) is 0 Å². The van der Waals surface area contributed by atoms with E-state index in [1.54, 1.807) is 0 Å². The second kappa shape index (κ2) is 2.76. The van der Waals surface area contributed by atoms with Gasteiger partial charge in [-0.1, -0.05) is 0 Å². The van der Waals surface area contributed by atoms with Crippen LogP contribution in [0.15, 0.2) is 12.5 Å². The van der Waals surface area contributed by atoms with Gasteiger partial charge in [-0.25, -0.2) is 0 Å². The van der Waals surface area contributed by atoms with Gasteiger partial charge in [-0.15, -0.1) is 0 Å². The van der Waals surface area contributed by atoms with Gasteiger partial charge in [0, 0.05) is 6.04 Å². The largest absolute Gasteiger partial charge is 0.476 e. The highest BCUT2D eigenvalue weighted by Gasteiger charge is 2.24. The van der Waals surface area contributed by atoms with Crippen LogP contribution < -0.4 is 5.32 Å².